The molecule has 6 nitrogen and oxygen atoms in total. The van der Waals surface area contributed by atoms with Crippen LogP contribution in [0.5, 0.6) is 0 Å². The van der Waals surface area contributed by atoms with Crippen LogP contribution in [-0.4, -0.2) is 16.0 Å². The number of rotatable bonds is 4. The Morgan fingerprint density at radius 1 is 1.03 bits per heavy atom. The number of carbonyl (C=O) groups excluding carboxylic acids is 1. The molecule has 2 aromatic carbocycles. The summed E-state index contributed by atoms with van der Waals surface area (Å²) in [6, 6.07) is 14.3. The number of aromatic nitrogens is 2. The first-order chi connectivity index (χ1) is 14.5. The monoisotopic (exact) mass is 439 g/mol. The van der Waals surface area contributed by atoms with Crippen molar-refractivity contribution in [1.82, 2.24) is 9.97 Å². The molecule has 30 heavy (non-hydrogen) atoms. The molecule has 0 bridgehead atoms. The zero-order valence-electron chi connectivity index (χ0n) is 15.4. The van der Waals surface area contributed by atoms with E-state index in [1.165, 1.54) is 17.4 Å². The lowest BCUT2D eigenvalue weighted by Crippen LogP contribution is -2.20. The normalized spacial score (nSPS) is 10.6. The maximum absolute atomic E-state index is 15.3. The molecule has 2 heterocycles. The first-order valence-electron chi connectivity index (χ1n) is 8.80. The van der Waals surface area contributed by atoms with Gasteiger partial charge in [-0.1, -0.05) is 35.1 Å². The van der Waals surface area contributed by atoms with E-state index in [2.05, 4.69) is 20.6 Å². The average Bonchev–Trinajstić information content (AvgIpc) is 3.13. The van der Waals surface area contributed by atoms with E-state index in [9.17, 15) is 4.79 Å². The predicted octanol–water partition coefficient (Wildman–Crippen LogP) is 5.89. The van der Waals surface area contributed by atoms with Gasteiger partial charge in [0.25, 0.3) is 0 Å². The van der Waals surface area contributed by atoms with E-state index in [4.69, 9.17) is 17.3 Å². The highest BCUT2D eigenvalue weighted by Crippen LogP contribution is 2.40. The number of anilines is 3. The number of benzene rings is 2. The molecule has 0 fully saturated rings. The number of nitrogens with zero attached hydrogens (tertiary/aromatic N) is 2. The van der Waals surface area contributed by atoms with Gasteiger partial charge >= 0.3 is 6.03 Å². The highest BCUT2D eigenvalue weighted by atomic mass is 35.5. The maximum atomic E-state index is 15.3. The van der Waals surface area contributed by atoms with Gasteiger partial charge in [-0.05, 0) is 42.5 Å². The van der Waals surface area contributed by atoms with Gasteiger partial charge in [0.1, 0.15) is 0 Å². The van der Waals surface area contributed by atoms with Crippen LogP contribution in [0.2, 0.25) is 5.02 Å². The molecule has 4 rings (SSSR count). The first kappa shape index (κ1) is 19.8. The van der Waals surface area contributed by atoms with Crippen molar-refractivity contribution in [2.24, 2.45) is 0 Å². The summed E-state index contributed by atoms with van der Waals surface area (Å²) in [5.74, 6) is -0.581. The summed E-state index contributed by atoms with van der Waals surface area (Å²) < 4.78 is 15.3. The Labute approximate surface area is 180 Å². The topological polar surface area (TPSA) is 92.9 Å². The van der Waals surface area contributed by atoms with E-state index in [0.717, 1.165) is 5.56 Å². The number of carbonyl (C=O) groups is 1. The number of hydrogen-bond acceptors (Lipinski definition) is 5. The number of thiazole rings is 1. The van der Waals surface area contributed by atoms with Gasteiger partial charge in [-0.3, -0.25) is 4.98 Å². The van der Waals surface area contributed by atoms with Crippen LogP contribution in [0.3, 0.4) is 0 Å². The van der Waals surface area contributed by atoms with Crippen LogP contribution in [0, 0.1) is 5.82 Å². The van der Waals surface area contributed by atoms with Crippen molar-refractivity contribution < 1.29 is 9.18 Å². The Morgan fingerprint density at radius 3 is 2.50 bits per heavy atom. The molecule has 4 N–H and O–H groups in total. The summed E-state index contributed by atoms with van der Waals surface area (Å²) in [7, 11) is 0. The fourth-order valence-electron chi connectivity index (χ4n) is 2.85. The lowest BCUT2D eigenvalue weighted by Gasteiger charge is -2.11. The minimum atomic E-state index is -0.581. The van der Waals surface area contributed by atoms with Crippen LogP contribution in [-0.2, 0) is 0 Å². The quantitative estimate of drug-likeness (QED) is 0.369. The number of urea groups is 1. The highest BCUT2D eigenvalue weighted by molar-refractivity contribution is 7.19. The Hall–Kier alpha value is -3.49. The lowest BCUT2D eigenvalue weighted by atomic mass is 10.1. The number of halogens is 2. The van der Waals surface area contributed by atoms with E-state index < -0.39 is 11.8 Å². The number of nitrogen functional groups attached to an aromatic ring is 1. The number of amides is 2. The standard InChI is InChI=1S/C21H15ClFN5OS/c22-13-4-6-14(7-5-13)26-21(29)27-16-3-1-2-15(17(16)23)19-18(28-20(24)30-19)12-8-10-25-11-9-12/h1-11H,(H2,24,28)(H2,26,27,29). The molecule has 150 valence electrons. The second kappa shape index (κ2) is 8.48. The van der Waals surface area contributed by atoms with Gasteiger partial charge in [0.05, 0.1) is 16.3 Å². The molecule has 0 atom stereocenters. The second-order valence-electron chi connectivity index (χ2n) is 6.22. The van der Waals surface area contributed by atoms with Crippen molar-refractivity contribution in [2.75, 3.05) is 16.4 Å². The van der Waals surface area contributed by atoms with Crippen LogP contribution in [0.4, 0.5) is 25.7 Å². The molecule has 2 amide bonds. The molecule has 9 heteroatoms. The Morgan fingerprint density at radius 2 is 1.77 bits per heavy atom. The summed E-state index contributed by atoms with van der Waals surface area (Å²) in [6.45, 7) is 0. The Balaban J connectivity index is 1.63. The largest absolute Gasteiger partial charge is 0.375 e. The molecule has 0 radical (unpaired) electrons. The van der Waals surface area contributed by atoms with Crippen LogP contribution >= 0.6 is 22.9 Å². The zero-order valence-corrected chi connectivity index (χ0v) is 17.0. The molecule has 0 unspecified atom stereocenters. The minimum Gasteiger partial charge on any atom is -0.375 e. The Kier molecular flexibility index (Phi) is 5.60. The molecule has 0 aliphatic rings. The zero-order chi connectivity index (χ0) is 21.1. The molecule has 0 saturated heterocycles. The third-order valence-corrected chi connectivity index (χ3v) is 5.36. The van der Waals surface area contributed by atoms with E-state index in [0.29, 0.717) is 32.0 Å². The first-order valence-corrected chi connectivity index (χ1v) is 10.00. The molecule has 0 aliphatic carbocycles. The molecular weight excluding hydrogens is 425 g/mol. The van der Waals surface area contributed by atoms with Crippen molar-refractivity contribution in [3.63, 3.8) is 0 Å². The summed E-state index contributed by atoms with van der Waals surface area (Å²) in [5.41, 5.74) is 8.08. The molecular formula is C21H15ClFN5OS. The van der Waals surface area contributed by atoms with Crippen molar-refractivity contribution in [3.8, 4) is 21.7 Å². The number of nitrogens with two attached hydrogens (primary N) is 1. The smallest absolute Gasteiger partial charge is 0.323 e. The van der Waals surface area contributed by atoms with E-state index in [-0.39, 0.29) is 5.69 Å². The molecule has 0 saturated carbocycles. The SMILES string of the molecule is Nc1nc(-c2ccncc2)c(-c2cccc(NC(=O)Nc3ccc(Cl)cc3)c2F)s1. The maximum Gasteiger partial charge on any atom is 0.323 e. The van der Waals surface area contributed by atoms with Crippen molar-refractivity contribution in [2.45, 2.75) is 0 Å². The van der Waals surface area contributed by atoms with Crippen molar-refractivity contribution >= 4 is 45.5 Å². The molecule has 2 aromatic heterocycles. The van der Waals surface area contributed by atoms with E-state index in [1.54, 1.807) is 60.9 Å². The highest BCUT2D eigenvalue weighted by Gasteiger charge is 2.19. The van der Waals surface area contributed by atoms with Crippen LogP contribution in [0.25, 0.3) is 21.7 Å². The number of hydrogen-bond donors (Lipinski definition) is 3. The van der Waals surface area contributed by atoms with Gasteiger partial charge in [-0.15, -0.1) is 0 Å². The van der Waals surface area contributed by atoms with Crippen LogP contribution < -0.4 is 16.4 Å². The lowest BCUT2D eigenvalue weighted by molar-refractivity contribution is 0.262. The fourth-order valence-corrected chi connectivity index (χ4v) is 3.85. The summed E-state index contributed by atoms with van der Waals surface area (Å²) in [4.78, 5) is 21.2. The Bertz CT molecular complexity index is 1200. The third-order valence-electron chi connectivity index (χ3n) is 4.19. The molecule has 0 spiro atoms. The summed E-state index contributed by atoms with van der Waals surface area (Å²) >= 11 is 7.01. The predicted molar refractivity (Wildman–Crippen MR) is 119 cm³/mol. The second-order valence-corrected chi connectivity index (χ2v) is 7.69. The van der Waals surface area contributed by atoms with Gasteiger partial charge in [0, 0.05) is 34.2 Å². The number of nitrogens with one attached hydrogen (secondary N) is 2. The van der Waals surface area contributed by atoms with Crippen molar-refractivity contribution in [1.29, 1.82) is 0 Å². The average molecular weight is 440 g/mol. The van der Waals surface area contributed by atoms with Gasteiger partial charge in [-0.25, -0.2) is 14.2 Å². The minimum absolute atomic E-state index is 0.0339. The van der Waals surface area contributed by atoms with Gasteiger partial charge in [0.15, 0.2) is 10.9 Å². The molecule has 0 aliphatic heterocycles. The number of pyridine rings is 1. The van der Waals surface area contributed by atoms with E-state index in [1.807, 2.05) is 0 Å². The fraction of sp³-hybridized carbons (Fsp3) is 0. The van der Waals surface area contributed by atoms with Gasteiger partial charge < -0.3 is 16.4 Å². The van der Waals surface area contributed by atoms with E-state index >= 15 is 4.39 Å². The van der Waals surface area contributed by atoms with Crippen molar-refractivity contribution in [3.05, 3.63) is 77.8 Å². The summed E-state index contributed by atoms with van der Waals surface area (Å²) in [5, 5.41) is 6.03. The van der Waals surface area contributed by atoms with Gasteiger partial charge in [-0.2, -0.15) is 0 Å². The summed E-state index contributed by atoms with van der Waals surface area (Å²) in [6.07, 6.45) is 3.26. The van der Waals surface area contributed by atoms with Crippen LogP contribution in [0.1, 0.15) is 0 Å². The van der Waals surface area contributed by atoms with Crippen LogP contribution in [0.15, 0.2) is 67.0 Å². The molecule has 4 aromatic rings. The van der Waals surface area contributed by atoms with Gasteiger partial charge in [0.2, 0.25) is 0 Å². The third kappa shape index (κ3) is 4.24.